The zero-order valence-corrected chi connectivity index (χ0v) is 12.4. The SMILES string of the molecule is CCOC(=O)/C(CCCC(=O)O)=N/Nc1ccc(Cl)cc1. The van der Waals surface area contributed by atoms with Crippen LogP contribution in [-0.2, 0) is 14.3 Å². The van der Waals surface area contributed by atoms with Gasteiger partial charge in [-0.1, -0.05) is 11.6 Å². The molecule has 0 radical (unpaired) electrons. The Labute approximate surface area is 127 Å². The zero-order chi connectivity index (χ0) is 15.7. The molecule has 0 bridgehead atoms. The quantitative estimate of drug-likeness (QED) is 0.438. The first-order chi connectivity index (χ1) is 10.0. The highest BCUT2D eigenvalue weighted by molar-refractivity contribution is 6.36. The maximum atomic E-state index is 11.7. The predicted molar refractivity (Wildman–Crippen MR) is 80.6 cm³/mol. The molecule has 1 aromatic carbocycles. The summed E-state index contributed by atoms with van der Waals surface area (Å²) in [7, 11) is 0. The molecule has 0 unspecified atom stereocenters. The number of nitrogens with one attached hydrogen (secondary N) is 1. The summed E-state index contributed by atoms with van der Waals surface area (Å²) >= 11 is 5.77. The molecule has 0 saturated heterocycles. The van der Waals surface area contributed by atoms with E-state index in [2.05, 4.69) is 10.5 Å². The fourth-order valence-corrected chi connectivity index (χ4v) is 1.61. The van der Waals surface area contributed by atoms with E-state index in [0.29, 0.717) is 17.1 Å². The topological polar surface area (TPSA) is 88.0 Å². The molecule has 0 aliphatic heterocycles. The summed E-state index contributed by atoms with van der Waals surface area (Å²) in [6.07, 6.45) is 0.514. The number of ether oxygens (including phenoxy) is 1. The maximum Gasteiger partial charge on any atom is 0.354 e. The zero-order valence-electron chi connectivity index (χ0n) is 11.6. The van der Waals surface area contributed by atoms with Gasteiger partial charge >= 0.3 is 11.9 Å². The summed E-state index contributed by atoms with van der Waals surface area (Å²) in [6.45, 7) is 1.93. The van der Waals surface area contributed by atoms with Gasteiger partial charge in [-0.15, -0.1) is 0 Å². The van der Waals surface area contributed by atoms with Crippen molar-refractivity contribution in [1.29, 1.82) is 0 Å². The van der Waals surface area contributed by atoms with Crippen LogP contribution in [0.4, 0.5) is 5.69 Å². The smallest absolute Gasteiger partial charge is 0.354 e. The average molecular weight is 313 g/mol. The lowest BCUT2D eigenvalue weighted by Gasteiger charge is -2.07. The van der Waals surface area contributed by atoms with E-state index in [-0.39, 0.29) is 25.2 Å². The predicted octanol–water partition coefficient (Wildman–Crippen LogP) is 2.93. The molecule has 1 aromatic rings. The molecule has 0 aliphatic carbocycles. The van der Waals surface area contributed by atoms with E-state index < -0.39 is 11.9 Å². The van der Waals surface area contributed by atoms with Crippen LogP contribution in [0.5, 0.6) is 0 Å². The summed E-state index contributed by atoms with van der Waals surface area (Å²) in [4.78, 5) is 22.2. The van der Waals surface area contributed by atoms with Crippen molar-refractivity contribution < 1.29 is 19.4 Å². The monoisotopic (exact) mass is 312 g/mol. The van der Waals surface area contributed by atoms with Gasteiger partial charge < -0.3 is 9.84 Å². The highest BCUT2D eigenvalue weighted by Crippen LogP contribution is 2.13. The molecule has 0 fully saturated rings. The van der Waals surface area contributed by atoms with Crippen LogP contribution < -0.4 is 5.43 Å². The fraction of sp³-hybridized carbons (Fsp3) is 0.357. The van der Waals surface area contributed by atoms with Crippen molar-refractivity contribution in [3.05, 3.63) is 29.3 Å². The first-order valence-electron chi connectivity index (χ1n) is 6.50. The molecule has 6 nitrogen and oxygen atoms in total. The van der Waals surface area contributed by atoms with Gasteiger partial charge in [-0.05, 0) is 44.0 Å². The number of halogens is 1. The molecule has 21 heavy (non-hydrogen) atoms. The van der Waals surface area contributed by atoms with Crippen LogP contribution in [0, 0.1) is 0 Å². The van der Waals surface area contributed by atoms with Crippen LogP contribution in [0.15, 0.2) is 29.4 Å². The normalized spacial score (nSPS) is 11.0. The highest BCUT2D eigenvalue weighted by Gasteiger charge is 2.13. The van der Waals surface area contributed by atoms with Gasteiger partial charge in [0.2, 0.25) is 0 Å². The van der Waals surface area contributed by atoms with Crippen LogP contribution >= 0.6 is 11.6 Å². The maximum absolute atomic E-state index is 11.7. The van der Waals surface area contributed by atoms with E-state index in [1.807, 2.05) is 0 Å². The van der Waals surface area contributed by atoms with Gasteiger partial charge in [0, 0.05) is 11.4 Å². The van der Waals surface area contributed by atoms with Gasteiger partial charge in [0.25, 0.3) is 0 Å². The molecule has 2 N–H and O–H groups in total. The Kier molecular flexibility index (Phi) is 7.25. The van der Waals surface area contributed by atoms with Crippen molar-refractivity contribution in [3.63, 3.8) is 0 Å². The molecular weight excluding hydrogens is 296 g/mol. The Hall–Kier alpha value is -2.08. The Morgan fingerprint density at radius 1 is 1.29 bits per heavy atom. The minimum atomic E-state index is -0.913. The van der Waals surface area contributed by atoms with Crippen molar-refractivity contribution >= 4 is 34.9 Å². The lowest BCUT2D eigenvalue weighted by molar-refractivity contribution is -0.137. The number of esters is 1. The largest absolute Gasteiger partial charge is 0.481 e. The van der Waals surface area contributed by atoms with E-state index in [9.17, 15) is 9.59 Å². The second kappa shape index (κ2) is 8.97. The number of carboxylic acid groups (broad SMARTS) is 1. The minimum absolute atomic E-state index is 0.0284. The van der Waals surface area contributed by atoms with Gasteiger partial charge in [0.1, 0.15) is 5.71 Å². The number of carbonyl (C=O) groups excluding carboxylic acids is 1. The number of carbonyl (C=O) groups is 2. The molecule has 7 heteroatoms. The van der Waals surface area contributed by atoms with Crippen molar-refractivity contribution in [2.45, 2.75) is 26.2 Å². The van der Waals surface area contributed by atoms with E-state index in [0.717, 1.165) is 0 Å². The number of aliphatic carboxylic acids is 1. The van der Waals surface area contributed by atoms with Crippen molar-refractivity contribution in [2.75, 3.05) is 12.0 Å². The molecule has 0 saturated carbocycles. The number of nitrogens with zero attached hydrogens (tertiary/aromatic N) is 1. The van der Waals surface area contributed by atoms with Crippen LogP contribution in [0.2, 0.25) is 5.02 Å². The van der Waals surface area contributed by atoms with Crippen molar-refractivity contribution in [3.8, 4) is 0 Å². The molecule has 0 aliphatic rings. The van der Waals surface area contributed by atoms with Crippen LogP contribution in [-0.4, -0.2) is 29.4 Å². The number of benzene rings is 1. The molecule has 0 amide bonds. The number of hydrogen-bond donors (Lipinski definition) is 2. The molecule has 0 spiro atoms. The molecule has 1 rings (SSSR count). The first-order valence-corrected chi connectivity index (χ1v) is 6.87. The number of carboxylic acids is 1. The summed E-state index contributed by atoms with van der Waals surface area (Å²) in [5.41, 5.74) is 3.56. The van der Waals surface area contributed by atoms with E-state index in [1.54, 1.807) is 31.2 Å². The van der Waals surface area contributed by atoms with Gasteiger partial charge in [0.15, 0.2) is 0 Å². The number of anilines is 1. The summed E-state index contributed by atoms with van der Waals surface area (Å²) in [6, 6.07) is 6.81. The van der Waals surface area contributed by atoms with Crippen molar-refractivity contribution in [1.82, 2.24) is 0 Å². The van der Waals surface area contributed by atoms with E-state index in [1.165, 1.54) is 0 Å². The van der Waals surface area contributed by atoms with E-state index >= 15 is 0 Å². The number of hydrogen-bond acceptors (Lipinski definition) is 5. The Morgan fingerprint density at radius 2 is 1.95 bits per heavy atom. The van der Waals surface area contributed by atoms with E-state index in [4.69, 9.17) is 21.4 Å². The third kappa shape index (κ3) is 6.76. The lowest BCUT2D eigenvalue weighted by Crippen LogP contribution is -2.19. The van der Waals surface area contributed by atoms with Gasteiger partial charge in [-0.25, -0.2) is 4.79 Å². The summed E-state index contributed by atoms with van der Waals surface area (Å²) in [5.74, 6) is -1.46. The van der Waals surface area contributed by atoms with Crippen LogP contribution in [0.3, 0.4) is 0 Å². The van der Waals surface area contributed by atoms with Crippen LogP contribution in [0.1, 0.15) is 26.2 Å². The Balaban J connectivity index is 2.69. The third-order valence-electron chi connectivity index (χ3n) is 2.48. The molecule has 0 heterocycles. The molecular formula is C14H17ClN2O4. The lowest BCUT2D eigenvalue weighted by atomic mass is 10.1. The Morgan fingerprint density at radius 3 is 2.52 bits per heavy atom. The Bertz CT molecular complexity index is 514. The molecule has 0 atom stereocenters. The number of hydrazone groups is 1. The fourth-order valence-electron chi connectivity index (χ4n) is 1.48. The first kappa shape index (κ1) is 17.0. The standard InChI is InChI=1S/C14H17ClN2O4/c1-2-21-14(20)12(4-3-5-13(18)19)17-16-11-8-6-10(15)7-9-11/h6-9,16H,2-5H2,1H3,(H,18,19)/b17-12+. The van der Waals surface area contributed by atoms with Gasteiger partial charge in [-0.2, -0.15) is 5.10 Å². The van der Waals surface area contributed by atoms with Crippen LogP contribution in [0.25, 0.3) is 0 Å². The minimum Gasteiger partial charge on any atom is -0.481 e. The second-order valence-electron chi connectivity index (χ2n) is 4.14. The summed E-state index contributed by atoms with van der Waals surface area (Å²) < 4.78 is 4.89. The highest BCUT2D eigenvalue weighted by atomic mass is 35.5. The second-order valence-corrected chi connectivity index (χ2v) is 4.58. The number of rotatable bonds is 8. The van der Waals surface area contributed by atoms with Gasteiger partial charge in [-0.3, -0.25) is 10.2 Å². The molecule has 114 valence electrons. The van der Waals surface area contributed by atoms with Gasteiger partial charge in [0.05, 0.1) is 12.3 Å². The van der Waals surface area contributed by atoms with Crippen molar-refractivity contribution in [2.24, 2.45) is 5.10 Å². The molecule has 0 aromatic heterocycles. The third-order valence-corrected chi connectivity index (χ3v) is 2.73. The average Bonchev–Trinajstić information content (AvgIpc) is 2.44. The summed E-state index contributed by atoms with van der Waals surface area (Å²) in [5, 5.41) is 13.2.